The Kier molecular flexibility index (Phi) is 5.71. The highest BCUT2D eigenvalue weighted by Gasteiger charge is 2.14. The molecule has 3 nitrogen and oxygen atoms in total. The highest BCUT2D eigenvalue weighted by Crippen LogP contribution is 2.21. The van der Waals surface area contributed by atoms with Crippen LogP contribution in [0.2, 0.25) is 0 Å². The minimum absolute atomic E-state index is 0.212. The van der Waals surface area contributed by atoms with Crippen molar-refractivity contribution in [3.63, 3.8) is 0 Å². The minimum atomic E-state index is -0.696. The smallest absolute Gasteiger partial charge is 0.303 e. The number of aliphatic carboxylic acids is 1. The molecular formula is C10H21NO2. The van der Waals surface area contributed by atoms with Gasteiger partial charge in [0.2, 0.25) is 0 Å². The summed E-state index contributed by atoms with van der Waals surface area (Å²) in [5.41, 5.74) is 5.79. The number of carbonyl (C=O) groups is 1. The van der Waals surface area contributed by atoms with Crippen LogP contribution in [0, 0.1) is 5.41 Å². The van der Waals surface area contributed by atoms with E-state index in [4.69, 9.17) is 10.8 Å². The van der Waals surface area contributed by atoms with Crippen molar-refractivity contribution in [2.24, 2.45) is 11.1 Å². The zero-order chi connectivity index (χ0) is 10.3. The van der Waals surface area contributed by atoms with E-state index in [1.165, 1.54) is 0 Å². The SMILES string of the molecule is CC(C)(CN)CCCCCC(=O)O. The van der Waals surface area contributed by atoms with Gasteiger partial charge in [-0.3, -0.25) is 4.79 Å². The van der Waals surface area contributed by atoms with Gasteiger partial charge >= 0.3 is 5.97 Å². The summed E-state index contributed by atoms with van der Waals surface area (Å²) in [4.78, 5) is 10.2. The van der Waals surface area contributed by atoms with Gasteiger partial charge in [0, 0.05) is 6.42 Å². The molecule has 0 aromatic rings. The second kappa shape index (κ2) is 5.97. The number of carboxylic acids is 1. The molecule has 0 aliphatic rings. The second-order valence-corrected chi connectivity index (χ2v) is 4.32. The second-order valence-electron chi connectivity index (χ2n) is 4.32. The molecule has 13 heavy (non-hydrogen) atoms. The van der Waals surface area contributed by atoms with Gasteiger partial charge < -0.3 is 10.8 Å². The van der Waals surface area contributed by atoms with Gasteiger partial charge in [-0.2, -0.15) is 0 Å². The molecule has 0 aliphatic heterocycles. The minimum Gasteiger partial charge on any atom is -0.481 e. The van der Waals surface area contributed by atoms with Gasteiger partial charge in [0.25, 0.3) is 0 Å². The maximum atomic E-state index is 10.2. The first-order chi connectivity index (χ1) is 5.98. The van der Waals surface area contributed by atoms with E-state index in [1.54, 1.807) is 0 Å². The lowest BCUT2D eigenvalue weighted by Crippen LogP contribution is -2.23. The Morgan fingerprint density at radius 2 is 1.92 bits per heavy atom. The summed E-state index contributed by atoms with van der Waals surface area (Å²) in [5.74, 6) is -0.696. The van der Waals surface area contributed by atoms with E-state index in [0.29, 0.717) is 13.0 Å². The highest BCUT2D eigenvalue weighted by molar-refractivity contribution is 5.66. The molecule has 0 spiro atoms. The van der Waals surface area contributed by atoms with Crippen LogP contribution >= 0.6 is 0 Å². The molecule has 0 amide bonds. The average Bonchev–Trinajstić information content (AvgIpc) is 2.03. The molecule has 0 unspecified atom stereocenters. The van der Waals surface area contributed by atoms with E-state index in [0.717, 1.165) is 25.7 Å². The molecule has 78 valence electrons. The first-order valence-corrected chi connectivity index (χ1v) is 4.90. The lowest BCUT2D eigenvalue weighted by molar-refractivity contribution is -0.137. The third-order valence-corrected chi connectivity index (χ3v) is 2.30. The van der Waals surface area contributed by atoms with E-state index in [9.17, 15) is 4.79 Å². The Hall–Kier alpha value is -0.570. The van der Waals surface area contributed by atoms with Crippen LogP contribution < -0.4 is 5.73 Å². The van der Waals surface area contributed by atoms with Crippen LogP contribution in [-0.2, 0) is 4.79 Å². The fourth-order valence-electron chi connectivity index (χ4n) is 1.16. The van der Waals surface area contributed by atoms with Gasteiger partial charge in [0.05, 0.1) is 0 Å². The Morgan fingerprint density at radius 3 is 2.38 bits per heavy atom. The normalized spacial score (nSPS) is 11.6. The van der Waals surface area contributed by atoms with Gasteiger partial charge in [-0.25, -0.2) is 0 Å². The molecule has 0 fully saturated rings. The van der Waals surface area contributed by atoms with Crippen LogP contribution in [0.3, 0.4) is 0 Å². The Bertz CT molecular complexity index is 155. The molecule has 0 heterocycles. The summed E-state index contributed by atoms with van der Waals surface area (Å²) in [6, 6.07) is 0. The summed E-state index contributed by atoms with van der Waals surface area (Å²) >= 11 is 0. The molecule has 0 bridgehead atoms. The summed E-state index contributed by atoms with van der Waals surface area (Å²) < 4.78 is 0. The summed E-state index contributed by atoms with van der Waals surface area (Å²) in [6.07, 6.45) is 4.25. The molecule has 3 heteroatoms. The maximum Gasteiger partial charge on any atom is 0.303 e. The lowest BCUT2D eigenvalue weighted by atomic mass is 9.87. The average molecular weight is 187 g/mol. The van der Waals surface area contributed by atoms with E-state index in [1.807, 2.05) is 0 Å². The first kappa shape index (κ1) is 12.4. The van der Waals surface area contributed by atoms with Crippen LogP contribution in [-0.4, -0.2) is 17.6 Å². The largest absolute Gasteiger partial charge is 0.481 e. The third-order valence-electron chi connectivity index (χ3n) is 2.30. The number of hydrogen-bond donors (Lipinski definition) is 2. The van der Waals surface area contributed by atoms with Crippen molar-refractivity contribution < 1.29 is 9.90 Å². The van der Waals surface area contributed by atoms with Crippen molar-refractivity contribution in [3.05, 3.63) is 0 Å². The molecule has 0 saturated carbocycles. The van der Waals surface area contributed by atoms with E-state index >= 15 is 0 Å². The predicted molar refractivity (Wildman–Crippen MR) is 53.6 cm³/mol. The molecule has 0 rings (SSSR count). The van der Waals surface area contributed by atoms with Crippen molar-refractivity contribution in [1.82, 2.24) is 0 Å². The summed E-state index contributed by atoms with van der Waals surface area (Å²) in [7, 11) is 0. The van der Waals surface area contributed by atoms with Crippen molar-refractivity contribution >= 4 is 5.97 Å². The van der Waals surface area contributed by atoms with Crippen LogP contribution in [0.15, 0.2) is 0 Å². The van der Waals surface area contributed by atoms with E-state index in [2.05, 4.69) is 13.8 Å². The zero-order valence-electron chi connectivity index (χ0n) is 8.68. The molecule has 0 aliphatic carbocycles. The summed E-state index contributed by atoms with van der Waals surface area (Å²) in [6.45, 7) is 4.99. The van der Waals surface area contributed by atoms with Crippen molar-refractivity contribution in [2.45, 2.75) is 46.0 Å². The van der Waals surface area contributed by atoms with Gasteiger partial charge in [-0.1, -0.05) is 26.7 Å². The molecule has 0 radical (unpaired) electrons. The van der Waals surface area contributed by atoms with Gasteiger partial charge in [-0.15, -0.1) is 0 Å². The van der Waals surface area contributed by atoms with Crippen LogP contribution in [0.25, 0.3) is 0 Å². The Balaban J connectivity index is 3.30. The fraction of sp³-hybridized carbons (Fsp3) is 0.900. The van der Waals surface area contributed by atoms with Crippen LogP contribution in [0.4, 0.5) is 0 Å². The topological polar surface area (TPSA) is 63.3 Å². The summed E-state index contributed by atoms with van der Waals surface area (Å²) in [5, 5.41) is 8.40. The molecule has 0 aromatic heterocycles. The van der Waals surface area contributed by atoms with Gasteiger partial charge in [0.15, 0.2) is 0 Å². The number of nitrogens with two attached hydrogens (primary N) is 1. The molecule has 0 atom stereocenters. The number of rotatable bonds is 7. The lowest BCUT2D eigenvalue weighted by Gasteiger charge is -2.21. The van der Waals surface area contributed by atoms with Crippen molar-refractivity contribution in [2.75, 3.05) is 6.54 Å². The maximum absolute atomic E-state index is 10.2. The Labute approximate surface area is 80.3 Å². The third kappa shape index (κ3) is 7.78. The van der Waals surface area contributed by atoms with Crippen molar-refractivity contribution in [3.8, 4) is 0 Å². The van der Waals surface area contributed by atoms with Gasteiger partial charge in [-0.05, 0) is 24.8 Å². The molecular weight excluding hydrogens is 166 g/mol. The van der Waals surface area contributed by atoms with Crippen LogP contribution in [0.5, 0.6) is 0 Å². The van der Waals surface area contributed by atoms with E-state index < -0.39 is 5.97 Å². The van der Waals surface area contributed by atoms with Gasteiger partial charge in [0.1, 0.15) is 0 Å². The molecule has 0 saturated heterocycles. The first-order valence-electron chi connectivity index (χ1n) is 4.90. The number of unbranched alkanes of at least 4 members (excludes halogenated alkanes) is 2. The monoisotopic (exact) mass is 187 g/mol. The number of carboxylic acid groups (broad SMARTS) is 1. The Morgan fingerprint density at radius 1 is 1.31 bits per heavy atom. The highest BCUT2D eigenvalue weighted by atomic mass is 16.4. The van der Waals surface area contributed by atoms with Crippen molar-refractivity contribution in [1.29, 1.82) is 0 Å². The predicted octanol–water partition coefficient (Wildman–Crippen LogP) is 2.01. The standard InChI is InChI=1S/C10H21NO2/c1-10(2,8-11)7-5-3-4-6-9(12)13/h3-8,11H2,1-2H3,(H,12,13). The zero-order valence-corrected chi connectivity index (χ0v) is 8.68. The molecule has 0 aromatic carbocycles. The molecule has 3 N–H and O–H groups in total. The number of hydrogen-bond acceptors (Lipinski definition) is 2. The quantitative estimate of drug-likeness (QED) is 0.599. The fourth-order valence-corrected chi connectivity index (χ4v) is 1.16. The van der Waals surface area contributed by atoms with Crippen LogP contribution in [0.1, 0.15) is 46.0 Å². The van der Waals surface area contributed by atoms with E-state index in [-0.39, 0.29) is 5.41 Å².